The summed E-state index contributed by atoms with van der Waals surface area (Å²) in [6.07, 6.45) is 3.56. The quantitative estimate of drug-likeness (QED) is 0.101. The number of ether oxygens (including phenoxy) is 2. The smallest absolute Gasteiger partial charge is 0.271 e. The number of allylic oxidation sites excluding steroid dienone is 1. The topological polar surface area (TPSA) is 96.0 Å². The van der Waals surface area contributed by atoms with Gasteiger partial charge in [-0.2, -0.15) is 0 Å². The van der Waals surface area contributed by atoms with E-state index in [-0.39, 0.29) is 23.9 Å². The molecule has 2 aliphatic rings. The van der Waals surface area contributed by atoms with Crippen LogP contribution in [-0.2, 0) is 13.0 Å². The molecule has 1 aliphatic carbocycles. The first kappa shape index (κ1) is 30.4. The van der Waals surface area contributed by atoms with E-state index in [9.17, 15) is 14.9 Å². The van der Waals surface area contributed by atoms with Crippen LogP contribution in [0.5, 0.6) is 11.5 Å². The Kier molecular flexibility index (Phi) is 8.26. The lowest BCUT2D eigenvalue weighted by molar-refractivity contribution is -0.384. The standard InChI is InChI=1S/C35H25ClIN3O5S/c1-44-29-17-21(16-28(37)33(29)45-19-20-6-13-25(14-7-20)40(42)43)18-30-34(41)39-32(23-8-11-24(36)12-9-23)27-15-10-22-4-2-3-5-26(22)31(27)38-35(39)46-30/h2-9,11-14,16-18,32H,10,15,19H2,1H3/b30-18+/t32-/m0/s1. The second-order valence-corrected chi connectivity index (χ2v) is 13.5. The number of non-ortho nitro benzene ring substituents is 1. The van der Waals surface area contributed by atoms with Gasteiger partial charge < -0.3 is 9.47 Å². The van der Waals surface area contributed by atoms with Gasteiger partial charge in [-0.25, -0.2) is 4.99 Å². The number of fused-ring (bicyclic) bond motifs is 3. The van der Waals surface area contributed by atoms with E-state index in [0.29, 0.717) is 25.9 Å². The summed E-state index contributed by atoms with van der Waals surface area (Å²) in [6.45, 7) is 0.209. The van der Waals surface area contributed by atoms with Gasteiger partial charge in [0.15, 0.2) is 16.3 Å². The number of benzene rings is 4. The van der Waals surface area contributed by atoms with E-state index < -0.39 is 4.92 Å². The molecule has 0 bridgehead atoms. The Labute approximate surface area is 286 Å². The van der Waals surface area contributed by atoms with Crippen molar-refractivity contribution in [2.45, 2.75) is 25.5 Å². The third-order valence-electron chi connectivity index (χ3n) is 8.14. The van der Waals surface area contributed by atoms with Crippen LogP contribution < -0.4 is 24.4 Å². The van der Waals surface area contributed by atoms with Crippen molar-refractivity contribution in [2.24, 2.45) is 4.99 Å². The van der Waals surface area contributed by atoms with Gasteiger partial charge in [0.05, 0.1) is 31.9 Å². The summed E-state index contributed by atoms with van der Waals surface area (Å²) in [4.78, 5) is 30.4. The molecule has 0 unspecified atom stereocenters. The molecule has 0 N–H and O–H groups in total. The molecule has 0 spiro atoms. The molecule has 0 radical (unpaired) electrons. The van der Waals surface area contributed by atoms with E-state index >= 15 is 0 Å². The monoisotopic (exact) mass is 761 g/mol. The van der Waals surface area contributed by atoms with Gasteiger partial charge in [0, 0.05) is 22.7 Å². The van der Waals surface area contributed by atoms with Gasteiger partial charge in [0.2, 0.25) is 0 Å². The van der Waals surface area contributed by atoms with Gasteiger partial charge in [0.25, 0.3) is 11.2 Å². The molecule has 8 nitrogen and oxygen atoms in total. The molecule has 1 aliphatic heterocycles. The van der Waals surface area contributed by atoms with E-state index in [4.69, 9.17) is 26.1 Å². The molecule has 0 fully saturated rings. The van der Waals surface area contributed by atoms with E-state index in [1.165, 1.54) is 29.0 Å². The zero-order valence-electron chi connectivity index (χ0n) is 24.4. The number of nitro groups is 1. The maximum atomic E-state index is 14.2. The Morgan fingerprint density at radius 1 is 1.09 bits per heavy atom. The van der Waals surface area contributed by atoms with Crippen molar-refractivity contribution in [3.63, 3.8) is 0 Å². The Morgan fingerprint density at radius 3 is 2.59 bits per heavy atom. The lowest BCUT2D eigenvalue weighted by Crippen LogP contribution is -2.38. The largest absolute Gasteiger partial charge is 0.493 e. The Hall–Kier alpha value is -4.26. The van der Waals surface area contributed by atoms with Crippen molar-refractivity contribution in [1.29, 1.82) is 0 Å². The number of hydrogen-bond acceptors (Lipinski definition) is 7. The fraction of sp³-hybridized carbons (Fsp3) is 0.143. The van der Waals surface area contributed by atoms with Crippen LogP contribution in [0.3, 0.4) is 0 Å². The highest BCUT2D eigenvalue weighted by atomic mass is 127. The highest BCUT2D eigenvalue weighted by Gasteiger charge is 2.32. The molecule has 0 saturated heterocycles. The van der Waals surface area contributed by atoms with Crippen LogP contribution in [0.4, 0.5) is 5.69 Å². The second-order valence-electron chi connectivity index (χ2n) is 10.9. The number of rotatable bonds is 7. The molecular formula is C35H25ClIN3O5S. The van der Waals surface area contributed by atoms with Gasteiger partial charge in [-0.15, -0.1) is 0 Å². The van der Waals surface area contributed by atoms with E-state index in [0.717, 1.165) is 49.9 Å². The minimum Gasteiger partial charge on any atom is -0.493 e. The number of aromatic nitrogens is 1. The van der Waals surface area contributed by atoms with Crippen molar-refractivity contribution in [3.05, 3.63) is 157 Å². The third-order valence-corrected chi connectivity index (χ3v) is 10.2. The zero-order valence-corrected chi connectivity index (χ0v) is 28.1. The molecule has 2 heterocycles. The fourth-order valence-electron chi connectivity index (χ4n) is 5.95. The molecule has 11 heteroatoms. The number of halogens is 2. The van der Waals surface area contributed by atoms with Gasteiger partial charge in [-0.1, -0.05) is 59.3 Å². The molecule has 0 saturated carbocycles. The van der Waals surface area contributed by atoms with E-state index in [1.54, 1.807) is 19.2 Å². The van der Waals surface area contributed by atoms with Gasteiger partial charge in [-0.3, -0.25) is 19.5 Å². The van der Waals surface area contributed by atoms with Gasteiger partial charge >= 0.3 is 0 Å². The van der Waals surface area contributed by atoms with Crippen LogP contribution in [0.15, 0.2) is 100 Å². The Bertz CT molecular complexity index is 2230. The molecule has 46 heavy (non-hydrogen) atoms. The highest BCUT2D eigenvalue weighted by Crippen LogP contribution is 2.41. The average Bonchev–Trinajstić information content (AvgIpc) is 3.37. The maximum Gasteiger partial charge on any atom is 0.271 e. The summed E-state index contributed by atoms with van der Waals surface area (Å²) in [5, 5.41) is 11.6. The zero-order chi connectivity index (χ0) is 31.9. The van der Waals surface area contributed by atoms with Crippen LogP contribution in [0.2, 0.25) is 5.02 Å². The molecule has 1 atom stereocenters. The summed E-state index contributed by atoms with van der Waals surface area (Å²) in [5.41, 5.74) is 6.92. The fourth-order valence-corrected chi connectivity index (χ4v) is 7.86. The van der Waals surface area contributed by atoms with Crippen molar-refractivity contribution in [1.82, 2.24) is 4.57 Å². The van der Waals surface area contributed by atoms with Crippen molar-refractivity contribution < 1.29 is 14.4 Å². The summed E-state index contributed by atoms with van der Waals surface area (Å²) >= 11 is 9.81. The first-order valence-corrected chi connectivity index (χ1v) is 16.7. The second kappa shape index (κ2) is 12.5. The SMILES string of the molecule is COc1cc(/C=c2/sc3n(c2=O)[C@@H](c2ccc(Cl)cc2)C2=C(N=3)c3ccccc3CC2)cc(I)c1OCc1ccc([N+](=O)[O-])cc1. The molecule has 5 aromatic rings. The molecule has 230 valence electrons. The first-order valence-electron chi connectivity index (χ1n) is 14.4. The van der Waals surface area contributed by atoms with E-state index in [2.05, 4.69) is 40.8 Å². The maximum absolute atomic E-state index is 14.2. The van der Waals surface area contributed by atoms with E-state index in [1.807, 2.05) is 53.1 Å². The number of thiazole rings is 1. The number of hydrogen-bond donors (Lipinski definition) is 0. The van der Waals surface area contributed by atoms with Crippen LogP contribution in [-0.4, -0.2) is 16.6 Å². The molecule has 0 amide bonds. The van der Waals surface area contributed by atoms with Gasteiger partial charge in [0.1, 0.15) is 6.61 Å². The summed E-state index contributed by atoms with van der Waals surface area (Å²) in [7, 11) is 1.57. The highest BCUT2D eigenvalue weighted by molar-refractivity contribution is 14.1. The van der Waals surface area contributed by atoms with Gasteiger partial charge in [-0.05, 0) is 106 Å². The molecular weight excluding hydrogens is 737 g/mol. The first-order chi connectivity index (χ1) is 22.3. The predicted molar refractivity (Wildman–Crippen MR) is 187 cm³/mol. The van der Waals surface area contributed by atoms with Crippen LogP contribution >= 0.6 is 45.5 Å². The Morgan fingerprint density at radius 2 is 1.85 bits per heavy atom. The van der Waals surface area contributed by atoms with Crippen molar-refractivity contribution >= 4 is 63.0 Å². The van der Waals surface area contributed by atoms with Crippen LogP contribution in [0, 0.1) is 13.7 Å². The summed E-state index contributed by atoms with van der Waals surface area (Å²) in [5.74, 6) is 1.06. The van der Waals surface area contributed by atoms with Crippen LogP contribution in [0.1, 0.15) is 40.3 Å². The summed E-state index contributed by atoms with van der Waals surface area (Å²) in [6, 6.07) is 25.8. The molecule has 1 aromatic heterocycles. The van der Waals surface area contributed by atoms with Crippen LogP contribution in [0.25, 0.3) is 11.8 Å². The van der Waals surface area contributed by atoms with Crippen molar-refractivity contribution in [2.75, 3.05) is 7.11 Å². The number of nitrogens with zero attached hydrogens (tertiary/aromatic N) is 3. The number of methoxy groups -OCH3 is 1. The minimum absolute atomic E-state index is 0.0232. The number of nitro benzene ring substituents is 1. The summed E-state index contributed by atoms with van der Waals surface area (Å²) < 4.78 is 14.9. The molecule has 7 rings (SSSR count). The average molecular weight is 762 g/mol. The van der Waals surface area contributed by atoms with Crippen molar-refractivity contribution in [3.8, 4) is 11.5 Å². The predicted octanol–water partition coefficient (Wildman–Crippen LogP) is 7.07. The lowest BCUT2D eigenvalue weighted by Gasteiger charge is -2.30. The lowest BCUT2D eigenvalue weighted by atomic mass is 9.83. The normalized spacial score (nSPS) is 15.5. The number of aryl methyl sites for hydroxylation is 1. The third kappa shape index (κ3) is 5.65. The minimum atomic E-state index is -0.433. The molecule has 4 aromatic carbocycles. The Balaban J connectivity index is 1.28.